The molecule has 3 nitrogen and oxygen atoms in total. The SMILES string of the molecule is CNCCCc1ncc2c(n1)CCSCC2. The first-order valence-corrected chi connectivity index (χ1v) is 7.11. The van der Waals surface area contributed by atoms with Gasteiger partial charge >= 0.3 is 0 Å². The molecule has 0 aromatic carbocycles. The van der Waals surface area contributed by atoms with E-state index in [0.717, 1.165) is 38.1 Å². The van der Waals surface area contributed by atoms with Crippen molar-refractivity contribution in [2.45, 2.75) is 25.7 Å². The largest absolute Gasteiger partial charge is 0.320 e. The second-order valence-electron chi connectivity index (χ2n) is 4.08. The zero-order valence-corrected chi connectivity index (χ0v) is 10.6. The van der Waals surface area contributed by atoms with Crippen LogP contribution in [0.4, 0.5) is 0 Å². The van der Waals surface area contributed by atoms with Gasteiger partial charge in [0.25, 0.3) is 0 Å². The van der Waals surface area contributed by atoms with E-state index < -0.39 is 0 Å². The maximum absolute atomic E-state index is 4.69. The van der Waals surface area contributed by atoms with Crippen molar-refractivity contribution in [1.82, 2.24) is 15.3 Å². The van der Waals surface area contributed by atoms with E-state index in [-0.39, 0.29) is 0 Å². The van der Waals surface area contributed by atoms with E-state index >= 15 is 0 Å². The predicted molar refractivity (Wildman–Crippen MR) is 69.0 cm³/mol. The number of thioether (sulfide) groups is 1. The van der Waals surface area contributed by atoms with E-state index in [1.165, 1.54) is 22.8 Å². The Balaban J connectivity index is 2.02. The minimum absolute atomic E-state index is 0.987. The molecule has 0 bridgehead atoms. The molecule has 2 rings (SSSR count). The van der Waals surface area contributed by atoms with Gasteiger partial charge in [-0.1, -0.05) is 0 Å². The zero-order valence-electron chi connectivity index (χ0n) is 9.83. The van der Waals surface area contributed by atoms with Gasteiger partial charge in [0.15, 0.2) is 0 Å². The minimum Gasteiger partial charge on any atom is -0.320 e. The van der Waals surface area contributed by atoms with Crippen LogP contribution < -0.4 is 5.32 Å². The Labute approximate surface area is 101 Å². The zero-order chi connectivity index (χ0) is 11.2. The van der Waals surface area contributed by atoms with E-state index in [1.54, 1.807) is 0 Å². The van der Waals surface area contributed by atoms with Gasteiger partial charge in [-0.15, -0.1) is 0 Å². The Hall–Kier alpha value is -0.610. The molecule has 0 atom stereocenters. The van der Waals surface area contributed by atoms with Gasteiger partial charge < -0.3 is 5.32 Å². The lowest BCUT2D eigenvalue weighted by Crippen LogP contribution is -2.10. The van der Waals surface area contributed by atoms with Crippen LogP contribution in [0.5, 0.6) is 0 Å². The second-order valence-corrected chi connectivity index (χ2v) is 5.30. The predicted octanol–water partition coefficient (Wildman–Crippen LogP) is 1.46. The molecule has 1 aromatic heterocycles. The molecule has 0 saturated heterocycles. The third kappa shape index (κ3) is 3.19. The summed E-state index contributed by atoms with van der Waals surface area (Å²) in [6.45, 7) is 1.04. The summed E-state index contributed by atoms with van der Waals surface area (Å²) in [5, 5.41) is 3.15. The van der Waals surface area contributed by atoms with Gasteiger partial charge in [-0.3, -0.25) is 0 Å². The highest BCUT2D eigenvalue weighted by Gasteiger charge is 2.10. The van der Waals surface area contributed by atoms with Crippen molar-refractivity contribution in [2.75, 3.05) is 25.1 Å². The van der Waals surface area contributed by atoms with Crippen LogP contribution in [0.2, 0.25) is 0 Å². The van der Waals surface area contributed by atoms with Crippen molar-refractivity contribution in [1.29, 1.82) is 0 Å². The fourth-order valence-corrected chi connectivity index (χ4v) is 2.81. The molecule has 0 unspecified atom stereocenters. The van der Waals surface area contributed by atoms with Gasteiger partial charge in [0.05, 0.1) is 0 Å². The number of fused-ring (bicyclic) bond motifs is 1. The normalized spacial score (nSPS) is 15.6. The number of nitrogens with one attached hydrogen (secondary N) is 1. The average Bonchev–Trinajstić information content (AvgIpc) is 2.54. The van der Waals surface area contributed by atoms with Crippen LogP contribution >= 0.6 is 11.8 Å². The van der Waals surface area contributed by atoms with Gasteiger partial charge in [0.1, 0.15) is 5.82 Å². The summed E-state index contributed by atoms with van der Waals surface area (Å²) >= 11 is 2.02. The lowest BCUT2D eigenvalue weighted by molar-refractivity contribution is 0.696. The third-order valence-electron chi connectivity index (χ3n) is 2.83. The fourth-order valence-electron chi connectivity index (χ4n) is 1.91. The molecule has 0 aliphatic carbocycles. The number of aryl methyl sites for hydroxylation is 3. The van der Waals surface area contributed by atoms with Gasteiger partial charge in [-0.2, -0.15) is 11.8 Å². The Bertz CT molecular complexity index is 341. The summed E-state index contributed by atoms with van der Waals surface area (Å²) in [4.78, 5) is 9.15. The molecule has 1 N–H and O–H groups in total. The van der Waals surface area contributed by atoms with Gasteiger partial charge in [-0.25, -0.2) is 9.97 Å². The first kappa shape index (κ1) is 11.9. The van der Waals surface area contributed by atoms with Crippen molar-refractivity contribution in [3.05, 3.63) is 23.3 Å². The maximum atomic E-state index is 4.69. The molecule has 88 valence electrons. The van der Waals surface area contributed by atoms with Gasteiger partial charge in [0, 0.05) is 18.3 Å². The van der Waals surface area contributed by atoms with E-state index in [2.05, 4.69) is 10.3 Å². The van der Waals surface area contributed by atoms with Crippen molar-refractivity contribution in [3.8, 4) is 0 Å². The van der Waals surface area contributed by atoms with Crippen molar-refractivity contribution < 1.29 is 0 Å². The molecule has 0 amide bonds. The molecule has 16 heavy (non-hydrogen) atoms. The molecule has 0 fully saturated rings. The third-order valence-corrected chi connectivity index (χ3v) is 3.82. The van der Waals surface area contributed by atoms with E-state index in [9.17, 15) is 0 Å². The summed E-state index contributed by atoms with van der Waals surface area (Å²) < 4.78 is 0. The molecule has 4 heteroatoms. The van der Waals surface area contributed by atoms with Crippen LogP contribution in [0.25, 0.3) is 0 Å². The molecule has 1 aliphatic heterocycles. The summed E-state index contributed by atoms with van der Waals surface area (Å²) in [5.74, 6) is 3.44. The fraction of sp³-hybridized carbons (Fsp3) is 0.667. The van der Waals surface area contributed by atoms with Crippen LogP contribution in [0.1, 0.15) is 23.5 Å². The summed E-state index contributed by atoms with van der Waals surface area (Å²) in [6, 6.07) is 0. The van der Waals surface area contributed by atoms with Crippen LogP contribution in [-0.2, 0) is 19.3 Å². The Morgan fingerprint density at radius 2 is 2.25 bits per heavy atom. The molecule has 0 radical (unpaired) electrons. The van der Waals surface area contributed by atoms with Crippen LogP contribution in [0, 0.1) is 0 Å². The topological polar surface area (TPSA) is 37.8 Å². The first-order chi connectivity index (χ1) is 7.90. The van der Waals surface area contributed by atoms with Gasteiger partial charge in [-0.05, 0) is 49.9 Å². The molecular formula is C12H19N3S. The standard InChI is InChI=1S/C12H19N3S/c1-13-6-2-3-12-14-9-10-4-7-16-8-5-11(10)15-12/h9,13H,2-8H2,1H3. The molecule has 0 saturated carbocycles. The van der Waals surface area contributed by atoms with Crippen LogP contribution in [0.3, 0.4) is 0 Å². The van der Waals surface area contributed by atoms with Crippen molar-refractivity contribution >= 4 is 11.8 Å². The van der Waals surface area contributed by atoms with E-state index in [1.807, 2.05) is 25.0 Å². The number of hydrogen-bond acceptors (Lipinski definition) is 4. The maximum Gasteiger partial charge on any atom is 0.128 e. The number of aromatic nitrogens is 2. The highest BCUT2D eigenvalue weighted by atomic mass is 32.2. The van der Waals surface area contributed by atoms with Crippen molar-refractivity contribution in [3.63, 3.8) is 0 Å². The summed E-state index contributed by atoms with van der Waals surface area (Å²) in [5.41, 5.74) is 2.65. The second kappa shape index (κ2) is 6.21. The summed E-state index contributed by atoms with van der Waals surface area (Å²) in [7, 11) is 1.98. The lowest BCUT2D eigenvalue weighted by atomic mass is 10.1. The molecule has 0 spiro atoms. The van der Waals surface area contributed by atoms with E-state index in [0.29, 0.717) is 0 Å². The van der Waals surface area contributed by atoms with Crippen LogP contribution in [-0.4, -0.2) is 35.1 Å². The molecule has 1 aliphatic rings. The molecular weight excluding hydrogens is 218 g/mol. The monoisotopic (exact) mass is 237 g/mol. The highest BCUT2D eigenvalue weighted by Crippen LogP contribution is 2.17. The first-order valence-electron chi connectivity index (χ1n) is 5.96. The minimum atomic E-state index is 0.987. The lowest BCUT2D eigenvalue weighted by Gasteiger charge is -2.06. The Kier molecular flexibility index (Phi) is 4.60. The molecule has 1 aromatic rings. The Morgan fingerprint density at radius 3 is 3.12 bits per heavy atom. The number of hydrogen-bond donors (Lipinski definition) is 1. The van der Waals surface area contributed by atoms with Crippen LogP contribution in [0.15, 0.2) is 6.20 Å². The smallest absolute Gasteiger partial charge is 0.128 e. The van der Waals surface area contributed by atoms with Gasteiger partial charge in [0.2, 0.25) is 0 Å². The Morgan fingerprint density at radius 1 is 1.38 bits per heavy atom. The number of nitrogens with zero attached hydrogens (tertiary/aromatic N) is 2. The van der Waals surface area contributed by atoms with E-state index in [4.69, 9.17) is 4.98 Å². The molecule has 2 heterocycles. The quantitative estimate of drug-likeness (QED) is 0.805. The highest BCUT2D eigenvalue weighted by molar-refractivity contribution is 7.99. The summed E-state index contributed by atoms with van der Waals surface area (Å²) in [6.07, 6.45) is 6.40. The van der Waals surface area contributed by atoms with Crippen molar-refractivity contribution in [2.24, 2.45) is 0 Å². The average molecular weight is 237 g/mol. The number of rotatable bonds is 4.